The lowest BCUT2D eigenvalue weighted by Gasteiger charge is -2.35. The number of hydrogen-bond acceptors (Lipinski definition) is 3. The molecule has 2 N–H and O–H groups in total. The maximum absolute atomic E-state index is 12.4. The molecule has 1 atom stereocenters. The van der Waals surface area contributed by atoms with Gasteiger partial charge >= 0.3 is 6.18 Å². The summed E-state index contributed by atoms with van der Waals surface area (Å²) in [5, 5.41) is 0. The first-order valence-corrected chi connectivity index (χ1v) is 7.65. The van der Waals surface area contributed by atoms with Gasteiger partial charge in [0.15, 0.2) is 6.61 Å². The SMILES string of the molecule is NC(=O)C[C@H]1CCCCN1Cc1ccccc1OCC(F)(F)F. The van der Waals surface area contributed by atoms with Crippen LogP contribution >= 0.6 is 0 Å². The van der Waals surface area contributed by atoms with Gasteiger partial charge in [0.25, 0.3) is 0 Å². The van der Waals surface area contributed by atoms with Crippen molar-refractivity contribution in [1.82, 2.24) is 4.90 Å². The number of para-hydroxylation sites is 1. The number of carbonyl (C=O) groups excluding carboxylic acids is 1. The predicted octanol–water partition coefficient (Wildman–Crippen LogP) is 2.86. The van der Waals surface area contributed by atoms with Crippen molar-refractivity contribution in [3.05, 3.63) is 29.8 Å². The van der Waals surface area contributed by atoms with Crippen molar-refractivity contribution < 1.29 is 22.7 Å². The summed E-state index contributed by atoms with van der Waals surface area (Å²) in [4.78, 5) is 13.3. The zero-order valence-corrected chi connectivity index (χ0v) is 12.8. The normalized spacial score (nSPS) is 19.5. The largest absolute Gasteiger partial charge is 0.484 e. The highest BCUT2D eigenvalue weighted by Crippen LogP contribution is 2.27. The van der Waals surface area contributed by atoms with Gasteiger partial charge in [-0.2, -0.15) is 13.2 Å². The number of carbonyl (C=O) groups is 1. The monoisotopic (exact) mass is 330 g/mol. The van der Waals surface area contributed by atoms with E-state index in [1.807, 2.05) is 0 Å². The molecule has 0 bridgehead atoms. The van der Waals surface area contributed by atoms with Crippen LogP contribution in [0.25, 0.3) is 0 Å². The molecule has 0 saturated carbocycles. The van der Waals surface area contributed by atoms with Crippen LogP contribution in [0.5, 0.6) is 5.75 Å². The van der Waals surface area contributed by atoms with Crippen LogP contribution in [0, 0.1) is 0 Å². The molecular weight excluding hydrogens is 309 g/mol. The fourth-order valence-corrected chi connectivity index (χ4v) is 2.89. The Hall–Kier alpha value is -1.76. The fourth-order valence-electron chi connectivity index (χ4n) is 2.89. The van der Waals surface area contributed by atoms with E-state index in [1.165, 1.54) is 6.07 Å². The van der Waals surface area contributed by atoms with Crippen LogP contribution in [0.3, 0.4) is 0 Å². The van der Waals surface area contributed by atoms with Crippen LogP contribution in [0.15, 0.2) is 24.3 Å². The van der Waals surface area contributed by atoms with Crippen LogP contribution < -0.4 is 10.5 Å². The molecule has 1 amide bonds. The molecule has 0 aliphatic carbocycles. The lowest BCUT2D eigenvalue weighted by atomic mass is 9.98. The van der Waals surface area contributed by atoms with Gasteiger partial charge < -0.3 is 10.5 Å². The van der Waals surface area contributed by atoms with E-state index in [0.29, 0.717) is 12.1 Å². The number of amides is 1. The minimum atomic E-state index is -4.37. The van der Waals surface area contributed by atoms with Crippen molar-refractivity contribution in [3.63, 3.8) is 0 Å². The summed E-state index contributed by atoms with van der Waals surface area (Å²) >= 11 is 0. The molecule has 1 aliphatic heterocycles. The smallest absolute Gasteiger partial charge is 0.422 e. The third-order valence-electron chi connectivity index (χ3n) is 3.92. The number of nitrogens with zero attached hydrogens (tertiary/aromatic N) is 1. The molecule has 0 spiro atoms. The van der Waals surface area contributed by atoms with E-state index in [0.717, 1.165) is 25.8 Å². The lowest BCUT2D eigenvalue weighted by molar-refractivity contribution is -0.153. The fraction of sp³-hybridized carbons (Fsp3) is 0.562. The average Bonchev–Trinajstić information content (AvgIpc) is 2.47. The van der Waals surface area contributed by atoms with Crippen LogP contribution in [0.2, 0.25) is 0 Å². The molecule has 0 radical (unpaired) electrons. The Labute approximate surface area is 133 Å². The van der Waals surface area contributed by atoms with Gasteiger partial charge in [0.1, 0.15) is 5.75 Å². The Bertz CT molecular complexity index is 534. The Morgan fingerprint density at radius 2 is 2.04 bits per heavy atom. The molecule has 128 valence electrons. The molecule has 0 unspecified atom stereocenters. The van der Waals surface area contributed by atoms with Crippen molar-refractivity contribution in [2.75, 3.05) is 13.2 Å². The molecule has 1 aromatic rings. The molecule has 1 fully saturated rings. The molecule has 1 aliphatic rings. The summed E-state index contributed by atoms with van der Waals surface area (Å²) in [7, 11) is 0. The molecule has 23 heavy (non-hydrogen) atoms. The van der Waals surface area contributed by atoms with Gasteiger partial charge in [-0.05, 0) is 25.5 Å². The molecule has 7 heteroatoms. The summed E-state index contributed by atoms with van der Waals surface area (Å²) in [6, 6.07) is 6.74. The first-order chi connectivity index (χ1) is 10.8. The minimum absolute atomic E-state index is 0.0388. The van der Waals surface area contributed by atoms with Crippen molar-refractivity contribution >= 4 is 5.91 Å². The van der Waals surface area contributed by atoms with Crippen LogP contribution in [-0.4, -0.2) is 36.2 Å². The Kier molecular flexibility index (Phi) is 5.87. The molecule has 1 saturated heterocycles. The van der Waals surface area contributed by atoms with Gasteiger partial charge in [0, 0.05) is 24.6 Å². The van der Waals surface area contributed by atoms with E-state index >= 15 is 0 Å². The lowest BCUT2D eigenvalue weighted by Crippen LogP contribution is -2.41. The van der Waals surface area contributed by atoms with Gasteiger partial charge in [0.05, 0.1) is 0 Å². The first-order valence-electron chi connectivity index (χ1n) is 7.65. The second kappa shape index (κ2) is 7.68. The third-order valence-corrected chi connectivity index (χ3v) is 3.92. The van der Waals surface area contributed by atoms with Crippen molar-refractivity contribution in [2.24, 2.45) is 5.73 Å². The number of nitrogens with two attached hydrogens (primary N) is 1. The maximum atomic E-state index is 12.4. The van der Waals surface area contributed by atoms with Crippen LogP contribution in [-0.2, 0) is 11.3 Å². The number of likely N-dealkylation sites (tertiary alicyclic amines) is 1. The van der Waals surface area contributed by atoms with Crippen molar-refractivity contribution in [3.8, 4) is 5.75 Å². The standard InChI is InChI=1S/C16H21F3N2O2/c17-16(18,19)11-23-14-7-2-1-5-12(14)10-21-8-4-3-6-13(21)9-15(20)22/h1-2,5,7,13H,3-4,6,8-11H2,(H2,20,22)/t13-/m1/s1. The number of primary amides is 1. The Morgan fingerprint density at radius 1 is 1.30 bits per heavy atom. The Balaban J connectivity index is 2.07. The number of piperidine rings is 1. The van der Waals surface area contributed by atoms with Gasteiger partial charge in [-0.25, -0.2) is 0 Å². The van der Waals surface area contributed by atoms with E-state index in [1.54, 1.807) is 18.2 Å². The molecule has 2 rings (SSSR count). The van der Waals surface area contributed by atoms with Gasteiger partial charge in [0.2, 0.25) is 5.91 Å². The molecule has 0 aromatic heterocycles. The summed E-state index contributed by atoms with van der Waals surface area (Å²) in [6.45, 7) is -0.0632. The quantitative estimate of drug-likeness (QED) is 0.872. The van der Waals surface area contributed by atoms with Gasteiger partial charge in [-0.15, -0.1) is 0 Å². The van der Waals surface area contributed by atoms with Gasteiger partial charge in [-0.1, -0.05) is 24.6 Å². The average molecular weight is 330 g/mol. The van der Waals surface area contributed by atoms with Crippen molar-refractivity contribution in [2.45, 2.75) is 44.4 Å². The van der Waals surface area contributed by atoms with E-state index in [4.69, 9.17) is 10.5 Å². The molecule has 1 aromatic carbocycles. The molecular formula is C16H21F3N2O2. The summed E-state index contributed by atoms with van der Waals surface area (Å²) in [5.74, 6) is -0.128. The van der Waals surface area contributed by atoms with E-state index in [2.05, 4.69) is 4.90 Å². The zero-order valence-electron chi connectivity index (χ0n) is 12.8. The number of ether oxygens (including phenoxy) is 1. The second-order valence-electron chi connectivity index (χ2n) is 5.80. The highest BCUT2D eigenvalue weighted by Gasteiger charge is 2.29. The van der Waals surface area contributed by atoms with E-state index in [9.17, 15) is 18.0 Å². The second-order valence-corrected chi connectivity index (χ2v) is 5.80. The number of hydrogen-bond donors (Lipinski definition) is 1. The number of rotatable bonds is 6. The summed E-state index contributed by atoms with van der Waals surface area (Å²) < 4.78 is 42.0. The van der Waals surface area contributed by atoms with Gasteiger partial charge in [-0.3, -0.25) is 9.69 Å². The third kappa shape index (κ3) is 5.74. The summed E-state index contributed by atoms with van der Waals surface area (Å²) in [5.41, 5.74) is 5.98. The first kappa shape index (κ1) is 17.6. The highest BCUT2D eigenvalue weighted by molar-refractivity contribution is 5.74. The number of alkyl halides is 3. The van der Waals surface area contributed by atoms with Crippen molar-refractivity contribution in [1.29, 1.82) is 0 Å². The number of halogens is 3. The topological polar surface area (TPSA) is 55.6 Å². The molecule has 1 heterocycles. The van der Waals surface area contributed by atoms with Crippen LogP contribution in [0.1, 0.15) is 31.2 Å². The Morgan fingerprint density at radius 3 is 2.74 bits per heavy atom. The van der Waals surface area contributed by atoms with E-state index < -0.39 is 12.8 Å². The number of benzene rings is 1. The maximum Gasteiger partial charge on any atom is 0.422 e. The molecule has 4 nitrogen and oxygen atoms in total. The minimum Gasteiger partial charge on any atom is -0.484 e. The predicted molar refractivity (Wildman–Crippen MR) is 79.9 cm³/mol. The zero-order chi connectivity index (χ0) is 16.9. The van der Waals surface area contributed by atoms with Crippen LogP contribution in [0.4, 0.5) is 13.2 Å². The van der Waals surface area contributed by atoms with E-state index in [-0.39, 0.29) is 24.1 Å². The summed E-state index contributed by atoms with van der Waals surface area (Å²) in [6.07, 6.45) is -1.20. The highest BCUT2D eigenvalue weighted by atomic mass is 19.4.